The molecule has 0 aromatic rings. The molecule has 0 atom stereocenters. The van der Waals surface area contributed by atoms with E-state index in [2.05, 4.69) is 26.3 Å². The largest absolute Gasteiger partial charge is 4.00 e. The molecule has 0 aromatic heterocycles. The number of hydrogen-bond donors (Lipinski definition) is 0. The van der Waals surface area contributed by atoms with E-state index in [-0.39, 0.29) is 122 Å². The second kappa shape index (κ2) is 43.2. The van der Waals surface area contributed by atoms with E-state index in [4.69, 9.17) is 0 Å². The third-order valence-corrected chi connectivity index (χ3v) is 1.39. The van der Waals surface area contributed by atoms with Crippen molar-refractivity contribution in [3.8, 4) is 0 Å². The maximum atomic E-state index is 9.49. The first kappa shape index (κ1) is 69.8. The molecule has 0 radical (unpaired) electrons. The van der Waals surface area contributed by atoms with Crippen molar-refractivity contribution in [2.24, 2.45) is 0 Å². The van der Waals surface area contributed by atoms with Crippen molar-refractivity contribution >= 4 is 23.9 Å². The van der Waals surface area contributed by atoms with Gasteiger partial charge in [-0.15, -0.1) is 0 Å². The zero-order valence-corrected chi connectivity index (χ0v) is 28.0. The molecule has 0 rings (SSSR count). The molecule has 0 unspecified atom stereocenters. The number of carbonyl (C=O) groups excluding carboxylic acids is 4. The summed E-state index contributed by atoms with van der Waals surface area (Å²) in [5, 5.41) is 38.0. The second-order valence-electron chi connectivity index (χ2n) is 4.27. The minimum absolute atomic E-state index is 0. The van der Waals surface area contributed by atoms with Gasteiger partial charge < -0.3 is 61.5 Å². The Bertz CT molecular complexity index is 402. The Balaban J connectivity index is -0.0000000178. The van der Waals surface area contributed by atoms with Gasteiger partial charge in [-0.05, 0) is 50.0 Å². The zero-order valence-electron chi connectivity index (χ0n) is 17.2. The van der Waals surface area contributed by atoms with Crippen LogP contribution < -0.4 is 20.4 Å². The van der Waals surface area contributed by atoms with Crippen molar-refractivity contribution in [1.82, 2.24) is 0 Å². The van der Waals surface area contributed by atoms with E-state index in [9.17, 15) is 39.6 Å². The average molecular weight is 940 g/mol. The van der Waals surface area contributed by atoms with Crippen molar-refractivity contribution < 1.29 is 139 Å². The van der Waals surface area contributed by atoms with Gasteiger partial charge in [-0.2, -0.15) is 0 Å². The average Bonchev–Trinajstić information content (AvgIpc) is 2.40. The Kier molecular flexibility index (Phi) is 97.4. The number of aliphatic carboxylic acids is 4. The molecule has 0 aliphatic heterocycles. The normalized spacial score (nSPS) is 5.81. The van der Waals surface area contributed by atoms with Gasteiger partial charge >= 0.3 is 77.5 Å². The van der Waals surface area contributed by atoms with Crippen LogP contribution in [0.5, 0.6) is 0 Å². The van der Waals surface area contributed by atoms with Crippen LogP contribution in [0.3, 0.4) is 0 Å². The van der Waals surface area contributed by atoms with E-state index < -0.39 is 23.9 Å². The van der Waals surface area contributed by atoms with Crippen molar-refractivity contribution in [2.75, 3.05) is 0 Å². The monoisotopic (exact) mass is 944 g/mol. The molecule has 15 heteroatoms. The van der Waals surface area contributed by atoms with Gasteiger partial charge in [-0.1, -0.05) is 26.3 Å². The SMILES string of the molecule is C=C(C)C(=O)[O-].C=C(C)C(=O)[O-].C=C(C)C(=O)[O-].C=C(C)C(=O)[O-].[Hf+4].[Hf+4].[Hf+4].[O-2].[O-2].[O-2].[O-2]. The summed E-state index contributed by atoms with van der Waals surface area (Å²) in [5.41, 5.74) is 0.259. The van der Waals surface area contributed by atoms with E-state index in [0.29, 0.717) is 0 Å². The van der Waals surface area contributed by atoms with Gasteiger partial charge in [0.1, 0.15) is 0 Å². The first-order valence-electron chi connectivity index (χ1n) is 6.05. The van der Waals surface area contributed by atoms with E-state index >= 15 is 0 Å². The standard InChI is InChI=1S/4C4H6O2.3Hf.4O/c4*1-3(2)4(5)6;;;;;;;/h4*1H2,2H3,(H,5,6);;;;;;;/q;;;;3*+4;4*-2/p-4. The fourth-order valence-electron chi connectivity index (χ4n) is 0. The van der Waals surface area contributed by atoms with Gasteiger partial charge in [0.15, 0.2) is 0 Å². The maximum absolute atomic E-state index is 9.49. The zero-order chi connectivity index (χ0) is 20.6. The minimum Gasteiger partial charge on any atom is -2.00 e. The predicted octanol–water partition coefficient (Wildman–Crippen LogP) is -3.23. The molecule has 0 heterocycles. The van der Waals surface area contributed by atoms with E-state index in [1.807, 2.05) is 0 Å². The molecule has 0 fully saturated rings. The topological polar surface area (TPSA) is 275 Å². The van der Waals surface area contributed by atoms with Crippen LogP contribution in [0.4, 0.5) is 0 Å². The van der Waals surface area contributed by atoms with E-state index in [0.717, 1.165) is 0 Å². The van der Waals surface area contributed by atoms with Crippen LogP contribution in [0, 0.1) is 0 Å². The minimum atomic E-state index is -1.19. The molecule has 0 aliphatic carbocycles. The van der Waals surface area contributed by atoms with Crippen molar-refractivity contribution in [3.63, 3.8) is 0 Å². The van der Waals surface area contributed by atoms with Crippen molar-refractivity contribution in [3.05, 3.63) is 48.6 Å². The molecule has 0 saturated heterocycles. The van der Waals surface area contributed by atoms with Crippen LogP contribution in [-0.2, 0) is 119 Å². The molecule has 0 N–H and O–H groups in total. The molecule has 0 aromatic carbocycles. The van der Waals surface area contributed by atoms with Gasteiger partial charge in [0.25, 0.3) is 0 Å². The van der Waals surface area contributed by atoms with Crippen molar-refractivity contribution in [1.29, 1.82) is 0 Å². The summed E-state index contributed by atoms with van der Waals surface area (Å²) < 4.78 is 0. The fraction of sp³-hybridized carbons (Fsp3) is 0.250. The van der Waals surface area contributed by atoms with Gasteiger partial charge in [0.05, 0.1) is 23.9 Å². The Hall–Kier alpha value is -0.710. The summed E-state index contributed by atoms with van der Waals surface area (Å²) in [7, 11) is 0. The quantitative estimate of drug-likeness (QED) is 0.204. The van der Waals surface area contributed by atoms with Gasteiger partial charge in [0.2, 0.25) is 0 Å². The smallest absolute Gasteiger partial charge is 2.00 e. The molecule has 0 spiro atoms. The molecular weight excluding hydrogens is 920 g/mol. The summed E-state index contributed by atoms with van der Waals surface area (Å²) in [4.78, 5) is 38.0. The van der Waals surface area contributed by atoms with Gasteiger partial charge in [0, 0.05) is 0 Å². The predicted molar refractivity (Wildman–Crippen MR) is 82.0 cm³/mol. The maximum Gasteiger partial charge on any atom is 4.00 e. The first-order valence-corrected chi connectivity index (χ1v) is 6.05. The Labute approximate surface area is 237 Å². The van der Waals surface area contributed by atoms with Crippen LogP contribution in [0.1, 0.15) is 27.7 Å². The molecule has 0 amide bonds. The molecule has 168 valence electrons. The number of carbonyl (C=O) groups is 4. The molecule has 0 bridgehead atoms. The van der Waals surface area contributed by atoms with Crippen LogP contribution in [0.25, 0.3) is 0 Å². The van der Waals surface area contributed by atoms with Gasteiger partial charge in [-0.3, -0.25) is 0 Å². The Morgan fingerprint density at radius 3 is 0.452 bits per heavy atom. The molecule has 0 saturated carbocycles. The third-order valence-electron chi connectivity index (χ3n) is 1.39. The number of carboxylic acids is 4. The molecular formula is C16H20Hf3O12. The summed E-state index contributed by atoms with van der Waals surface area (Å²) >= 11 is 0. The summed E-state index contributed by atoms with van der Waals surface area (Å²) in [5.74, 6) is -4.74. The Morgan fingerprint density at radius 2 is 0.452 bits per heavy atom. The summed E-state index contributed by atoms with van der Waals surface area (Å²) in [6, 6.07) is 0. The van der Waals surface area contributed by atoms with E-state index in [1.165, 1.54) is 27.7 Å². The number of carboxylic acid groups (broad SMARTS) is 4. The number of rotatable bonds is 4. The Morgan fingerprint density at radius 1 is 0.419 bits per heavy atom. The second-order valence-corrected chi connectivity index (χ2v) is 4.27. The molecule has 12 nitrogen and oxygen atoms in total. The molecule has 31 heavy (non-hydrogen) atoms. The number of hydrogen-bond acceptors (Lipinski definition) is 8. The molecule has 0 aliphatic rings. The van der Waals surface area contributed by atoms with Crippen LogP contribution in [-0.4, -0.2) is 23.9 Å². The van der Waals surface area contributed by atoms with Crippen LogP contribution >= 0.6 is 0 Å². The van der Waals surface area contributed by atoms with E-state index in [1.54, 1.807) is 0 Å². The van der Waals surface area contributed by atoms with Crippen molar-refractivity contribution in [2.45, 2.75) is 27.7 Å². The van der Waals surface area contributed by atoms with Crippen LogP contribution in [0.15, 0.2) is 48.6 Å². The summed E-state index contributed by atoms with van der Waals surface area (Å²) in [6.45, 7) is 17.9. The third kappa shape index (κ3) is 93.3. The van der Waals surface area contributed by atoms with Gasteiger partial charge in [-0.25, -0.2) is 0 Å². The van der Waals surface area contributed by atoms with Crippen LogP contribution in [0.2, 0.25) is 0 Å². The summed E-state index contributed by atoms with van der Waals surface area (Å²) in [6.07, 6.45) is 0. The first-order chi connectivity index (χ1) is 10.6. The fourth-order valence-corrected chi connectivity index (χ4v) is 0.